The summed E-state index contributed by atoms with van der Waals surface area (Å²) in [6, 6.07) is 4.00. The molecule has 0 radical (unpaired) electrons. The van der Waals surface area contributed by atoms with Crippen molar-refractivity contribution < 1.29 is 0 Å². The van der Waals surface area contributed by atoms with Gasteiger partial charge in [-0.1, -0.05) is 0 Å². The van der Waals surface area contributed by atoms with Crippen LogP contribution in [0, 0.1) is 0 Å². The summed E-state index contributed by atoms with van der Waals surface area (Å²) in [4.78, 5) is 0. The van der Waals surface area contributed by atoms with Gasteiger partial charge in [-0.25, -0.2) is 0 Å². The average molecular weight is 109 g/mol. The van der Waals surface area contributed by atoms with E-state index in [1.807, 2.05) is 36.1 Å². The Kier molecular flexibility index (Phi) is 3.67. The smallest absolute Gasteiger partial charge is 0.0106 e. The molecule has 0 aromatic carbocycles. The predicted molar refractivity (Wildman–Crippen MR) is 36.7 cm³/mol. The molecular formula is C7H11N. The van der Waals surface area contributed by atoms with Crippen LogP contribution in [0.2, 0.25) is 0 Å². The molecule has 0 unspecified atom stereocenters. The Balaban J connectivity index is 0.000000222. The monoisotopic (exact) mass is 109 g/mol. The first kappa shape index (κ1) is 7.02. The molecule has 0 fully saturated rings. The van der Waals surface area contributed by atoms with Crippen LogP contribution < -0.4 is 0 Å². The molecule has 0 spiro atoms. The van der Waals surface area contributed by atoms with Crippen molar-refractivity contribution in [2.45, 2.75) is 0 Å². The van der Waals surface area contributed by atoms with Crippen molar-refractivity contribution in [3.8, 4) is 0 Å². The van der Waals surface area contributed by atoms with Gasteiger partial charge < -0.3 is 4.57 Å². The largest absolute Gasteiger partial charge is 0.357 e. The minimum absolute atomic E-state index is 2.00. The Morgan fingerprint density at radius 3 is 1.62 bits per heavy atom. The Hall–Kier alpha value is -0.980. The molecule has 0 saturated heterocycles. The number of nitrogens with zero attached hydrogens (tertiary/aromatic N) is 1. The second-order valence-electron chi connectivity index (χ2n) is 1.35. The zero-order valence-corrected chi connectivity index (χ0v) is 5.17. The first-order valence-corrected chi connectivity index (χ1v) is 2.46. The van der Waals surface area contributed by atoms with Gasteiger partial charge in [-0.05, 0) is 12.1 Å². The molecule has 1 aromatic rings. The van der Waals surface area contributed by atoms with E-state index in [0.717, 1.165) is 0 Å². The van der Waals surface area contributed by atoms with Crippen LogP contribution >= 0.6 is 0 Å². The lowest BCUT2D eigenvalue weighted by Crippen LogP contribution is -1.75. The zero-order chi connectivity index (χ0) is 6.41. The molecule has 1 nitrogen and oxygen atoms in total. The fourth-order valence-electron chi connectivity index (χ4n) is 0.421. The first-order chi connectivity index (χ1) is 3.89. The van der Waals surface area contributed by atoms with Crippen LogP contribution in [-0.4, -0.2) is 4.57 Å². The molecule has 1 rings (SSSR count). The third-order valence-electron chi connectivity index (χ3n) is 0.754. The van der Waals surface area contributed by atoms with Crippen LogP contribution in [0.1, 0.15) is 0 Å². The van der Waals surface area contributed by atoms with Crippen LogP contribution in [-0.2, 0) is 7.05 Å². The molecule has 0 aliphatic carbocycles. The Morgan fingerprint density at radius 2 is 1.50 bits per heavy atom. The fourth-order valence-corrected chi connectivity index (χ4v) is 0.421. The standard InChI is InChI=1S/C5H7N.C2H4/c1-6-4-2-3-5-6;1-2/h2-5H,1H3;1-2H2. The topological polar surface area (TPSA) is 4.93 Å². The highest BCUT2D eigenvalue weighted by atomic mass is 14.9. The maximum Gasteiger partial charge on any atom is 0.0106 e. The van der Waals surface area contributed by atoms with Gasteiger partial charge in [-0.15, -0.1) is 13.2 Å². The van der Waals surface area contributed by atoms with E-state index in [0.29, 0.717) is 0 Å². The third kappa shape index (κ3) is 2.24. The summed E-state index contributed by atoms with van der Waals surface area (Å²) in [7, 11) is 2.00. The fraction of sp³-hybridized carbons (Fsp3) is 0.143. The van der Waals surface area contributed by atoms with E-state index in [-0.39, 0.29) is 0 Å². The highest BCUT2D eigenvalue weighted by Crippen LogP contribution is 1.80. The molecule has 1 heteroatoms. The molecule has 8 heavy (non-hydrogen) atoms. The van der Waals surface area contributed by atoms with E-state index < -0.39 is 0 Å². The lowest BCUT2D eigenvalue weighted by molar-refractivity contribution is 0.928. The third-order valence-corrected chi connectivity index (χ3v) is 0.754. The predicted octanol–water partition coefficient (Wildman–Crippen LogP) is 1.83. The van der Waals surface area contributed by atoms with E-state index in [9.17, 15) is 0 Å². The maximum absolute atomic E-state index is 3.00. The molecule has 1 aromatic heterocycles. The average Bonchev–Trinajstić information content (AvgIpc) is 2.24. The van der Waals surface area contributed by atoms with E-state index in [1.165, 1.54) is 0 Å². The van der Waals surface area contributed by atoms with Gasteiger partial charge in [-0.3, -0.25) is 0 Å². The summed E-state index contributed by atoms with van der Waals surface area (Å²) >= 11 is 0. The number of aryl methyl sites for hydroxylation is 1. The molecule has 44 valence electrons. The van der Waals surface area contributed by atoms with Crippen LogP contribution in [0.15, 0.2) is 37.7 Å². The first-order valence-electron chi connectivity index (χ1n) is 2.46. The Labute approximate surface area is 50.3 Å². The van der Waals surface area contributed by atoms with Crippen LogP contribution in [0.5, 0.6) is 0 Å². The van der Waals surface area contributed by atoms with Gasteiger partial charge in [0.05, 0.1) is 0 Å². The molecule has 1 heterocycles. The number of rotatable bonds is 0. The normalized spacial score (nSPS) is 7.12. The minimum atomic E-state index is 2.00. The highest BCUT2D eigenvalue weighted by Gasteiger charge is 1.68. The molecule has 0 aliphatic heterocycles. The molecule has 0 saturated carbocycles. The van der Waals surface area contributed by atoms with Crippen LogP contribution in [0.25, 0.3) is 0 Å². The molecule has 0 atom stereocenters. The Morgan fingerprint density at radius 1 is 1.12 bits per heavy atom. The van der Waals surface area contributed by atoms with Crippen molar-refractivity contribution in [2.75, 3.05) is 0 Å². The van der Waals surface area contributed by atoms with Gasteiger partial charge in [0.1, 0.15) is 0 Å². The molecule has 0 N–H and O–H groups in total. The second-order valence-corrected chi connectivity index (χ2v) is 1.35. The summed E-state index contributed by atoms with van der Waals surface area (Å²) < 4.78 is 2.00. The van der Waals surface area contributed by atoms with E-state index in [2.05, 4.69) is 13.2 Å². The molecule has 0 amide bonds. The summed E-state index contributed by atoms with van der Waals surface area (Å²) in [5.74, 6) is 0. The van der Waals surface area contributed by atoms with Gasteiger partial charge >= 0.3 is 0 Å². The van der Waals surface area contributed by atoms with Gasteiger partial charge in [0.2, 0.25) is 0 Å². The van der Waals surface area contributed by atoms with Gasteiger partial charge in [0, 0.05) is 19.4 Å². The van der Waals surface area contributed by atoms with Gasteiger partial charge in [0.25, 0.3) is 0 Å². The van der Waals surface area contributed by atoms with Crippen molar-refractivity contribution in [1.29, 1.82) is 0 Å². The lowest BCUT2D eigenvalue weighted by Gasteiger charge is -1.79. The zero-order valence-electron chi connectivity index (χ0n) is 5.17. The Bertz CT molecular complexity index is 119. The number of hydrogen-bond acceptors (Lipinski definition) is 0. The summed E-state index contributed by atoms with van der Waals surface area (Å²) in [6.45, 7) is 6.00. The summed E-state index contributed by atoms with van der Waals surface area (Å²) in [6.07, 6.45) is 4.00. The van der Waals surface area contributed by atoms with E-state index in [4.69, 9.17) is 0 Å². The van der Waals surface area contributed by atoms with Crippen molar-refractivity contribution in [3.05, 3.63) is 37.7 Å². The molecule has 0 bridgehead atoms. The van der Waals surface area contributed by atoms with E-state index in [1.54, 1.807) is 0 Å². The lowest BCUT2D eigenvalue weighted by atomic mass is 10.7. The van der Waals surface area contributed by atoms with Crippen molar-refractivity contribution in [2.24, 2.45) is 7.05 Å². The number of aromatic nitrogens is 1. The number of hydrogen-bond donors (Lipinski definition) is 0. The van der Waals surface area contributed by atoms with Crippen LogP contribution in [0.3, 0.4) is 0 Å². The highest BCUT2D eigenvalue weighted by molar-refractivity contribution is 4.88. The SMILES string of the molecule is C=C.Cn1cccc1. The van der Waals surface area contributed by atoms with Crippen molar-refractivity contribution >= 4 is 0 Å². The summed E-state index contributed by atoms with van der Waals surface area (Å²) in [5, 5.41) is 0. The van der Waals surface area contributed by atoms with Crippen molar-refractivity contribution in [1.82, 2.24) is 4.57 Å². The quantitative estimate of drug-likeness (QED) is 0.448. The van der Waals surface area contributed by atoms with Crippen molar-refractivity contribution in [3.63, 3.8) is 0 Å². The van der Waals surface area contributed by atoms with E-state index >= 15 is 0 Å². The van der Waals surface area contributed by atoms with Gasteiger partial charge in [0.15, 0.2) is 0 Å². The molecular weight excluding hydrogens is 98.1 g/mol. The molecule has 0 aliphatic rings. The van der Waals surface area contributed by atoms with Crippen LogP contribution in [0.4, 0.5) is 0 Å². The maximum atomic E-state index is 3.00. The summed E-state index contributed by atoms with van der Waals surface area (Å²) in [5.41, 5.74) is 0. The minimum Gasteiger partial charge on any atom is -0.357 e. The second kappa shape index (κ2) is 4.19. The van der Waals surface area contributed by atoms with Gasteiger partial charge in [-0.2, -0.15) is 0 Å².